The van der Waals surface area contributed by atoms with E-state index in [-0.39, 0.29) is 17.5 Å². The Morgan fingerprint density at radius 2 is 2.27 bits per heavy atom. The second kappa shape index (κ2) is 5.53. The van der Waals surface area contributed by atoms with Gasteiger partial charge in [-0.15, -0.1) is 17.9 Å². The third kappa shape index (κ3) is 2.21. The van der Waals surface area contributed by atoms with Gasteiger partial charge in [0.2, 0.25) is 0 Å². The van der Waals surface area contributed by atoms with E-state index in [9.17, 15) is 14.7 Å². The molecule has 0 bridgehead atoms. The molecule has 0 unspecified atom stereocenters. The molecule has 0 radical (unpaired) electrons. The maximum absolute atomic E-state index is 12.7. The maximum Gasteiger partial charge on any atom is 0.337 e. The Labute approximate surface area is 129 Å². The first-order valence-corrected chi connectivity index (χ1v) is 7.29. The number of pyridine rings is 1. The van der Waals surface area contributed by atoms with Gasteiger partial charge in [0, 0.05) is 18.1 Å². The van der Waals surface area contributed by atoms with E-state index in [1.54, 1.807) is 30.5 Å². The highest BCUT2D eigenvalue weighted by Gasteiger charge is 2.20. The van der Waals surface area contributed by atoms with Crippen molar-refractivity contribution in [1.29, 1.82) is 0 Å². The molecule has 3 rings (SSSR count). The predicted octanol–water partition coefficient (Wildman–Crippen LogP) is 2.40. The Morgan fingerprint density at radius 3 is 2.91 bits per heavy atom. The number of hydrogen-bond donors (Lipinski definition) is 1. The lowest BCUT2D eigenvalue weighted by Gasteiger charge is -2.10. The van der Waals surface area contributed by atoms with E-state index in [0.717, 1.165) is 11.3 Å². The van der Waals surface area contributed by atoms with Crippen molar-refractivity contribution in [1.82, 2.24) is 14.5 Å². The van der Waals surface area contributed by atoms with Gasteiger partial charge in [-0.3, -0.25) is 14.3 Å². The summed E-state index contributed by atoms with van der Waals surface area (Å²) in [5, 5.41) is 10.8. The molecule has 0 aliphatic carbocycles. The number of aromatic carboxylic acids is 1. The number of nitrogens with zero attached hydrogens (tertiary/aromatic N) is 3. The van der Waals surface area contributed by atoms with E-state index in [2.05, 4.69) is 16.5 Å². The summed E-state index contributed by atoms with van der Waals surface area (Å²) in [7, 11) is 0. The van der Waals surface area contributed by atoms with Crippen LogP contribution in [0.5, 0.6) is 0 Å². The zero-order chi connectivity index (χ0) is 15.7. The van der Waals surface area contributed by atoms with Crippen molar-refractivity contribution in [3.8, 4) is 11.5 Å². The van der Waals surface area contributed by atoms with Gasteiger partial charge in [0.15, 0.2) is 5.82 Å². The van der Waals surface area contributed by atoms with E-state index >= 15 is 0 Å². The van der Waals surface area contributed by atoms with Crippen LogP contribution in [0.25, 0.3) is 21.7 Å². The van der Waals surface area contributed by atoms with E-state index in [1.807, 2.05) is 0 Å². The van der Waals surface area contributed by atoms with Crippen LogP contribution >= 0.6 is 11.3 Å². The average molecular weight is 313 g/mol. The number of carbonyl (C=O) groups is 1. The van der Waals surface area contributed by atoms with Crippen molar-refractivity contribution in [2.45, 2.75) is 6.54 Å². The van der Waals surface area contributed by atoms with Crippen LogP contribution in [0.4, 0.5) is 0 Å². The first kappa shape index (κ1) is 14.2. The molecule has 3 aromatic rings. The smallest absolute Gasteiger partial charge is 0.337 e. The van der Waals surface area contributed by atoms with Gasteiger partial charge in [0.1, 0.15) is 10.5 Å². The monoisotopic (exact) mass is 313 g/mol. The van der Waals surface area contributed by atoms with Crippen LogP contribution in [-0.4, -0.2) is 25.6 Å². The fourth-order valence-electron chi connectivity index (χ4n) is 2.17. The molecule has 0 amide bonds. The van der Waals surface area contributed by atoms with Gasteiger partial charge >= 0.3 is 5.97 Å². The molecule has 110 valence electrons. The number of carboxylic acids is 1. The van der Waals surface area contributed by atoms with Crippen LogP contribution in [0.3, 0.4) is 0 Å². The molecular formula is C15H11N3O3S. The minimum absolute atomic E-state index is 0.0251. The molecule has 1 N–H and O–H groups in total. The van der Waals surface area contributed by atoms with E-state index in [4.69, 9.17) is 0 Å². The van der Waals surface area contributed by atoms with Crippen LogP contribution < -0.4 is 5.56 Å². The largest absolute Gasteiger partial charge is 0.478 e. The second-order valence-electron chi connectivity index (χ2n) is 4.49. The topological polar surface area (TPSA) is 85.1 Å². The fourth-order valence-corrected chi connectivity index (χ4v) is 3.07. The lowest BCUT2D eigenvalue weighted by molar-refractivity contribution is 0.0699. The minimum Gasteiger partial charge on any atom is -0.478 e. The molecule has 0 atom stereocenters. The summed E-state index contributed by atoms with van der Waals surface area (Å²) in [6, 6.07) is 5.32. The van der Waals surface area contributed by atoms with Gasteiger partial charge in [0.05, 0.1) is 10.9 Å². The number of hydrogen-bond acceptors (Lipinski definition) is 5. The van der Waals surface area contributed by atoms with Gasteiger partial charge < -0.3 is 5.11 Å². The standard InChI is InChI=1S/C15H11N3O3S/c1-2-7-18-12(10-5-3-4-6-16-10)17-13-11(14(18)19)9(8-22-13)15(20)21/h2-6,8H,1,7H2,(H,20,21). The lowest BCUT2D eigenvalue weighted by Crippen LogP contribution is -2.23. The lowest BCUT2D eigenvalue weighted by atomic mass is 10.2. The van der Waals surface area contributed by atoms with E-state index in [1.165, 1.54) is 9.95 Å². The summed E-state index contributed by atoms with van der Waals surface area (Å²) in [6.07, 6.45) is 3.18. The number of allylic oxidation sites excluding steroid dienone is 1. The Hall–Kier alpha value is -2.80. The molecule has 0 saturated carbocycles. The predicted molar refractivity (Wildman–Crippen MR) is 84.3 cm³/mol. The molecule has 3 heterocycles. The van der Waals surface area contributed by atoms with Gasteiger partial charge in [-0.05, 0) is 12.1 Å². The van der Waals surface area contributed by atoms with Crippen molar-refractivity contribution in [2.75, 3.05) is 0 Å². The highest BCUT2D eigenvalue weighted by atomic mass is 32.1. The molecule has 0 aliphatic rings. The zero-order valence-electron chi connectivity index (χ0n) is 11.4. The molecule has 0 aromatic carbocycles. The third-order valence-corrected chi connectivity index (χ3v) is 4.00. The highest BCUT2D eigenvalue weighted by molar-refractivity contribution is 7.17. The minimum atomic E-state index is -1.14. The van der Waals surface area contributed by atoms with Crippen LogP contribution in [0.15, 0.2) is 47.2 Å². The van der Waals surface area contributed by atoms with Gasteiger partial charge in [0.25, 0.3) is 5.56 Å². The van der Waals surface area contributed by atoms with Crippen LogP contribution in [0.1, 0.15) is 10.4 Å². The quantitative estimate of drug-likeness (QED) is 0.748. The molecule has 0 spiro atoms. The number of fused-ring (bicyclic) bond motifs is 1. The summed E-state index contributed by atoms with van der Waals surface area (Å²) < 4.78 is 1.39. The molecule has 6 nitrogen and oxygen atoms in total. The average Bonchev–Trinajstić information content (AvgIpc) is 2.95. The summed E-state index contributed by atoms with van der Waals surface area (Å²) in [4.78, 5) is 33.0. The van der Waals surface area contributed by atoms with Gasteiger partial charge in [-0.25, -0.2) is 9.78 Å². The Bertz CT molecular complexity index is 928. The van der Waals surface area contributed by atoms with Crippen molar-refractivity contribution < 1.29 is 9.90 Å². The second-order valence-corrected chi connectivity index (χ2v) is 5.35. The van der Waals surface area contributed by atoms with Crippen molar-refractivity contribution >= 4 is 27.5 Å². The maximum atomic E-state index is 12.7. The van der Waals surface area contributed by atoms with Crippen LogP contribution in [0.2, 0.25) is 0 Å². The van der Waals surface area contributed by atoms with Crippen molar-refractivity contribution in [2.24, 2.45) is 0 Å². The number of aromatic nitrogens is 3. The number of carboxylic acid groups (broad SMARTS) is 1. The van der Waals surface area contributed by atoms with E-state index < -0.39 is 11.5 Å². The van der Waals surface area contributed by atoms with E-state index in [0.29, 0.717) is 16.3 Å². The molecule has 3 aromatic heterocycles. The number of thiophene rings is 1. The van der Waals surface area contributed by atoms with Gasteiger partial charge in [-0.2, -0.15) is 0 Å². The molecule has 0 aliphatic heterocycles. The Morgan fingerprint density at radius 1 is 1.45 bits per heavy atom. The number of rotatable bonds is 4. The summed E-state index contributed by atoms with van der Waals surface area (Å²) >= 11 is 1.13. The molecular weight excluding hydrogens is 302 g/mol. The first-order chi connectivity index (χ1) is 10.6. The first-order valence-electron chi connectivity index (χ1n) is 6.41. The molecule has 22 heavy (non-hydrogen) atoms. The SMILES string of the molecule is C=CCn1c(-c2ccccn2)nc2scc(C(=O)O)c2c1=O. The highest BCUT2D eigenvalue weighted by Crippen LogP contribution is 2.24. The van der Waals surface area contributed by atoms with Gasteiger partial charge in [-0.1, -0.05) is 12.1 Å². The van der Waals surface area contributed by atoms with Crippen molar-refractivity contribution in [3.63, 3.8) is 0 Å². The summed E-state index contributed by atoms with van der Waals surface area (Å²) in [6.45, 7) is 3.86. The summed E-state index contributed by atoms with van der Waals surface area (Å²) in [5.41, 5.74) is 0.126. The fraction of sp³-hybridized carbons (Fsp3) is 0.0667. The normalized spacial score (nSPS) is 10.7. The molecule has 0 fully saturated rings. The zero-order valence-corrected chi connectivity index (χ0v) is 12.2. The van der Waals surface area contributed by atoms with Crippen LogP contribution in [-0.2, 0) is 6.54 Å². The molecule has 0 saturated heterocycles. The Balaban J connectivity index is 2.39. The molecule has 7 heteroatoms. The third-order valence-electron chi connectivity index (χ3n) is 3.13. The van der Waals surface area contributed by atoms with Crippen molar-refractivity contribution in [3.05, 3.63) is 58.3 Å². The Kier molecular flexibility index (Phi) is 3.56. The summed E-state index contributed by atoms with van der Waals surface area (Å²) in [5.74, 6) is -0.738. The van der Waals surface area contributed by atoms with Crippen LogP contribution in [0, 0.1) is 0 Å².